The second kappa shape index (κ2) is 12.3. The molecule has 3 aromatic rings. The summed E-state index contributed by atoms with van der Waals surface area (Å²) in [5, 5.41) is 12.0. The Morgan fingerprint density at radius 1 is 1.06 bits per heavy atom. The molecule has 0 aliphatic heterocycles. The summed E-state index contributed by atoms with van der Waals surface area (Å²) in [4.78, 5) is 26.5. The minimum absolute atomic E-state index is 0.109. The van der Waals surface area contributed by atoms with Crippen molar-refractivity contribution in [1.82, 2.24) is 15.1 Å². The van der Waals surface area contributed by atoms with Crippen LogP contribution in [-0.4, -0.2) is 60.3 Å². The van der Waals surface area contributed by atoms with Crippen LogP contribution in [0.3, 0.4) is 0 Å². The summed E-state index contributed by atoms with van der Waals surface area (Å²) in [5.41, 5.74) is 0.918. The van der Waals surface area contributed by atoms with Gasteiger partial charge in [0.05, 0.1) is 6.61 Å². The lowest BCUT2D eigenvalue weighted by Crippen LogP contribution is -2.39. The van der Waals surface area contributed by atoms with Gasteiger partial charge in [-0.05, 0) is 24.3 Å². The predicted molar refractivity (Wildman–Crippen MR) is 127 cm³/mol. The maximum atomic E-state index is 12.6. The van der Waals surface area contributed by atoms with Crippen LogP contribution in [0.4, 0.5) is 5.13 Å². The van der Waals surface area contributed by atoms with Gasteiger partial charge in [0.2, 0.25) is 11.0 Å². The highest BCUT2D eigenvalue weighted by molar-refractivity contribution is 9.10. The summed E-state index contributed by atoms with van der Waals surface area (Å²) >= 11 is 4.69. The van der Waals surface area contributed by atoms with Gasteiger partial charge in [0, 0.05) is 36.7 Å². The van der Waals surface area contributed by atoms with E-state index < -0.39 is 0 Å². The van der Waals surface area contributed by atoms with Crippen molar-refractivity contribution in [2.45, 2.75) is 6.42 Å². The van der Waals surface area contributed by atoms with Crippen LogP contribution >= 0.6 is 27.3 Å². The molecule has 0 aliphatic rings. The highest BCUT2D eigenvalue weighted by Gasteiger charge is 2.17. The number of carbonyl (C=O) groups is 2. The molecule has 1 N–H and O–H groups in total. The molecule has 0 saturated carbocycles. The number of carbonyl (C=O) groups excluding carboxylic acids is 2. The van der Waals surface area contributed by atoms with E-state index in [1.807, 2.05) is 42.5 Å². The molecule has 0 bridgehead atoms. The first-order chi connectivity index (χ1) is 15.5. The minimum Gasteiger partial charge on any atom is -0.484 e. The number of benzene rings is 2. The van der Waals surface area contributed by atoms with Gasteiger partial charge in [0.1, 0.15) is 10.8 Å². The molecule has 1 aromatic heterocycles. The fourth-order valence-electron chi connectivity index (χ4n) is 2.72. The molecular formula is C22H23BrN4O4S. The minimum atomic E-state index is -0.247. The zero-order valence-electron chi connectivity index (χ0n) is 17.5. The molecule has 10 heteroatoms. The van der Waals surface area contributed by atoms with Crippen molar-refractivity contribution < 1.29 is 19.1 Å². The van der Waals surface area contributed by atoms with E-state index in [0.29, 0.717) is 29.0 Å². The van der Waals surface area contributed by atoms with Crippen LogP contribution in [0.15, 0.2) is 59.1 Å². The van der Waals surface area contributed by atoms with E-state index in [0.717, 1.165) is 10.0 Å². The Hall–Kier alpha value is -2.82. The van der Waals surface area contributed by atoms with Crippen LogP contribution in [0.5, 0.6) is 5.75 Å². The molecular weight excluding hydrogens is 496 g/mol. The monoisotopic (exact) mass is 518 g/mol. The van der Waals surface area contributed by atoms with Crippen LogP contribution in [0.2, 0.25) is 0 Å². The van der Waals surface area contributed by atoms with E-state index in [1.54, 1.807) is 24.1 Å². The van der Waals surface area contributed by atoms with E-state index in [4.69, 9.17) is 9.47 Å². The maximum Gasteiger partial charge on any atom is 0.260 e. The van der Waals surface area contributed by atoms with Crippen LogP contribution in [0.1, 0.15) is 6.42 Å². The number of aromatic nitrogens is 2. The highest BCUT2D eigenvalue weighted by atomic mass is 79.9. The maximum absolute atomic E-state index is 12.6. The number of nitrogens with one attached hydrogen (secondary N) is 1. The number of hydrogen-bond acceptors (Lipinski definition) is 7. The number of hydrogen-bond donors (Lipinski definition) is 1. The fourth-order valence-corrected chi connectivity index (χ4v) is 3.75. The summed E-state index contributed by atoms with van der Waals surface area (Å²) in [5.74, 6) is 0.151. The number of rotatable bonds is 11. The Morgan fingerprint density at radius 2 is 1.81 bits per heavy atom. The second-order valence-corrected chi connectivity index (χ2v) is 8.59. The van der Waals surface area contributed by atoms with Crippen molar-refractivity contribution >= 4 is 44.2 Å². The third-order valence-electron chi connectivity index (χ3n) is 4.39. The van der Waals surface area contributed by atoms with Gasteiger partial charge in [-0.2, -0.15) is 0 Å². The Kier molecular flexibility index (Phi) is 9.14. The van der Waals surface area contributed by atoms with Gasteiger partial charge in [-0.25, -0.2) is 0 Å². The van der Waals surface area contributed by atoms with E-state index in [2.05, 4.69) is 31.4 Å². The largest absolute Gasteiger partial charge is 0.484 e. The van der Waals surface area contributed by atoms with E-state index in [9.17, 15) is 9.59 Å². The molecule has 2 amide bonds. The van der Waals surface area contributed by atoms with Crippen molar-refractivity contribution in [3.63, 3.8) is 0 Å². The molecule has 0 unspecified atom stereocenters. The normalized spacial score (nSPS) is 10.6. The lowest BCUT2D eigenvalue weighted by atomic mass is 10.2. The van der Waals surface area contributed by atoms with Gasteiger partial charge < -0.3 is 19.7 Å². The van der Waals surface area contributed by atoms with Gasteiger partial charge >= 0.3 is 0 Å². The van der Waals surface area contributed by atoms with Crippen LogP contribution in [0.25, 0.3) is 10.6 Å². The van der Waals surface area contributed by atoms with Crippen LogP contribution in [0, 0.1) is 0 Å². The fraction of sp³-hybridized carbons (Fsp3) is 0.273. The molecule has 2 aromatic carbocycles. The molecule has 0 radical (unpaired) electrons. The Morgan fingerprint density at radius 3 is 2.53 bits per heavy atom. The topological polar surface area (TPSA) is 93.6 Å². The second-order valence-electron chi connectivity index (χ2n) is 6.69. The smallest absolute Gasteiger partial charge is 0.260 e. The van der Waals surface area contributed by atoms with Crippen LogP contribution < -0.4 is 10.1 Å². The summed E-state index contributed by atoms with van der Waals surface area (Å²) in [6.07, 6.45) is 0.119. The third-order valence-corrected chi connectivity index (χ3v) is 5.81. The Labute approximate surface area is 198 Å². The van der Waals surface area contributed by atoms with Gasteiger partial charge in [-0.15, -0.1) is 10.2 Å². The lowest BCUT2D eigenvalue weighted by molar-refractivity contribution is -0.134. The van der Waals surface area contributed by atoms with Crippen LogP contribution in [-0.2, 0) is 14.3 Å². The molecule has 0 saturated heterocycles. The number of anilines is 1. The van der Waals surface area contributed by atoms with Crippen molar-refractivity contribution in [3.8, 4) is 16.3 Å². The first-order valence-electron chi connectivity index (χ1n) is 9.89. The van der Waals surface area contributed by atoms with E-state index in [-0.39, 0.29) is 31.4 Å². The zero-order valence-corrected chi connectivity index (χ0v) is 19.9. The van der Waals surface area contributed by atoms with Gasteiger partial charge in [-0.3, -0.25) is 9.59 Å². The van der Waals surface area contributed by atoms with Crippen molar-refractivity contribution in [3.05, 3.63) is 59.1 Å². The molecule has 1 heterocycles. The predicted octanol–water partition coefficient (Wildman–Crippen LogP) is 3.85. The van der Waals surface area contributed by atoms with E-state index in [1.165, 1.54) is 11.3 Å². The van der Waals surface area contributed by atoms with Gasteiger partial charge in [0.25, 0.3) is 5.91 Å². The van der Waals surface area contributed by atoms with Crippen molar-refractivity contribution in [2.75, 3.05) is 38.7 Å². The summed E-state index contributed by atoms with van der Waals surface area (Å²) in [6, 6.07) is 16.8. The number of methoxy groups -OCH3 is 1. The Bertz CT molecular complexity index is 1010. The zero-order chi connectivity index (χ0) is 22.8. The molecule has 0 atom stereocenters. The molecule has 0 aliphatic carbocycles. The molecule has 0 spiro atoms. The summed E-state index contributed by atoms with van der Waals surface area (Å²) in [7, 11) is 1.56. The van der Waals surface area contributed by atoms with E-state index >= 15 is 0 Å². The van der Waals surface area contributed by atoms with Crippen molar-refractivity contribution in [2.24, 2.45) is 0 Å². The first-order valence-corrected chi connectivity index (χ1v) is 11.5. The number of halogens is 1. The van der Waals surface area contributed by atoms with Crippen molar-refractivity contribution in [1.29, 1.82) is 0 Å². The average molecular weight is 519 g/mol. The number of ether oxygens (including phenoxy) is 2. The third kappa shape index (κ3) is 7.40. The quantitative estimate of drug-likeness (QED) is 0.414. The SMILES string of the molecule is COCCN(CCC(=O)Nc1nnc(-c2ccc(Br)cc2)s1)C(=O)COc1ccccc1. The standard InChI is InChI=1S/C22H23BrN4O4S/c1-30-14-13-27(20(29)15-31-18-5-3-2-4-6-18)12-11-19(28)24-22-26-25-21(32-22)16-7-9-17(23)10-8-16/h2-10H,11-15H2,1H3,(H,24,26,28). The number of para-hydroxylation sites is 1. The molecule has 3 rings (SSSR count). The molecule has 0 fully saturated rings. The first kappa shape index (κ1) is 23.8. The highest BCUT2D eigenvalue weighted by Crippen LogP contribution is 2.27. The average Bonchev–Trinajstić information content (AvgIpc) is 3.27. The molecule has 32 heavy (non-hydrogen) atoms. The Balaban J connectivity index is 1.51. The molecule has 168 valence electrons. The van der Waals surface area contributed by atoms with Gasteiger partial charge in [0.15, 0.2) is 6.61 Å². The number of nitrogens with zero attached hydrogens (tertiary/aromatic N) is 3. The number of amides is 2. The lowest BCUT2D eigenvalue weighted by Gasteiger charge is -2.22. The summed E-state index contributed by atoms with van der Waals surface area (Å²) < 4.78 is 11.6. The van der Waals surface area contributed by atoms with Gasteiger partial charge in [-0.1, -0.05) is 57.6 Å². The molecule has 8 nitrogen and oxygen atoms in total. The summed E-state index contributed by atoms with van der Waals surface area (Å²) in [6.45, 7) is 0.867.